The highest BCUT2D eigenvalue weighted by Crippen LogP contribution is 2.18. The van der Waals surface area contributed by atoms with Crippen molar-refractivity contribution in [3.63, 3.8) is 0 Å². The molecule has 100 valence electrons. The van der Waals surface area contributed by atoms with Crippen molar-refractivity contribution >= 4 is 0 Å². The molecule has 1 aliphatic rings. The Balaban J connectivity index is 1.51. The van der Waals surface area contributed by atoms with Gasteiger partial charge in [-0.2, -0.15) is 0 Å². The molecule has 1 aromatic rings. The molecule has 1 N–H and O–H groups in total. The Kier molecular flexibility index (Phi) is 5.62. The highest BCUT2D eigenvalue weighted by atomic mass is 15.1. The fourth-order valence-electron chi connectivity index (χ4n) is 2.56. The first-order valence-electron chi connectivity index (χ1n) is 7.13. The van der Waals surface area contributed by atoms with E-state index in [0.29, 0.717) is 0 Å². The maximum absolute atomic E-state index is 4.13. The van der Waals surface area contributed by atoms with Gasteiger partial charge in [-0.1, -0.05) is 6.07 Å². The summed E-state index contributed by atoms with van der Waals surface area (Å²) in [4.78, 5) is 6.57. The fourth-order valence-corrected chi connectivity index (χ4v) is 2.56. The lowest BCUT2D eigenvalue weighted by Gasteiger charge is -2.28. The second-order valence-corrected chi connectivity index (χ2v) is 5.40. The van der Waals surface area contributed by atoms with Gasteiger partial charge in [-0.05, 0) is 76.5 Å². The molecule has 0 atom stereocenters. The average molecular weight is 247 g/mol. The van der Waals surface area contributed by atoms with Crippen LogP contribution in [0.5, 0.6) is 0 Å². The molecule has 1 saturated heterocycles. The van der Waals surface area contributed by atoms with Gasteiger partial charge in [0.1, 0.15) is 0 Å². The highest BCUT2D eigenvalue weighted by molar-refractivity contribution is 5.08. The predicted molar refractivity (Wildman–Crippen MR) is 75.6 cm³/mol. The molecular formula is C15H25N3. The highest BCUT2D eigenvalue weighted by Gasteiger charge is 2.15. The van der Waals surface area contributed by atoms with E-state index in [1.807, 2.05) is 18.5 Å². The Labute approximate surface area is 111 Å². The van der Waals surface area contributed by atoms with E-state index in [4.69, 9.17) is 0 Å². The van der Waals surface area contributed by atoms with Crippen LogP contribution in [-0.4, -0.2) is 43.1 Å². The van der Waals surface area contributed by atoms with Crippen LogP contribution in [0, 0.1) is 5.92 Å². The van der Waals surface area contributed by atoms with E-state index in [9.17, 15) is 0 Å². The molecule has 3 heteroatoms. The SMILES string of the molecule is CN1CCC(CCNCCc2cccnc2)CC1. The minimum atomic E-state index is 0.937. The van der Waals surface area contributed by atoms with Gasteiger partial charge in [0, 0.05) is 12.4 Å². The molecule has 0 amide bonds. The molecule has 0 saturated carbocycles. The van der Waals surface area contributed by atoms with Crippen LogP contribution in [0.25, 0.3) is 0 Å². The second kappa shape index (κ2) is 7.49. The summed E-state index contributed by atoms with van der Waals surface area (Å²) in [5.41, 5.74) is 1.32. The molecule has 0 radical (unpaired) electrons. The van der Waals surface area contributed by atoms with Crippen LogP contribution in [0.4, 0.5) is 0 Å². The van der Waals surface area contributed by atoms with E-state index < -0.39 is 0 Å². The molecule has 0 bridgehead atoms. The molecular weight excluding hydrogens is 222 g/mol. The molecule has 1 aromatic heterocycles. The maximum atomic E-state index is 4.13. The van der Waals surface area contributed by atoms with Crippen molar-refractivity contribution in [2.24, 2.45) is 5.92 Å². The zero-order valence-corrected chi connectivity index (χ0v) is 11.4. The van der Waals surface area contributed by atoms with Crippen molar-refractivity contribution in [2.75, 3.05) is 33.2 Å². The lowest BCUT2D eigenvalue weighted by molar-refractivity contribution is 0.212. The van der Waals surface area contributed by atoms with Crippen LogP contribution in [0.2, 0.25) is 0 Å². The van der Waals surface area contributed by atoms with E-state index in [2.05, 4.69) is 28.3 Å². The summed E-state index contributed by atoms with van der Waals surface area (Å²) in [7, 11) is 2.22. The summed E-state index contributed by atoms with van der Waals surface area (Å²) in [6.07, 6.45) is 8.96. The average Bonchev–Trinajstić information content (AvgIpc) is 2.42. The maximum Gasteiger partial charge on any atom is 0.0300 e. The van der Waals surface area contributed by atoms with Crippen molar-refractivity contribution < 1.29 is 0 Å². The lowest BCUT2D eigenvalue weighted by Crippen LogP contribution is -2.31. The molecule has 3 nitrogen and oxygen atoms in total. The number of nitrogens with zero attached hydrogens (tertiary/aromatic N) is 2. The van der Waals surface area contributed by atoms with E-state index in [1.165, 1.54) is 37.9 Å². The van der Waals surface area contributed by atoms with Crippen LogP contribution in [0.3, 0.4) is 0 Å². The van der Waals surface area contributed by atoms with Crippen LogP contribution in [0.15, 0.2) is 24.5 Å². The van der Waals surface area contributed by atoms with Gasteiger partial charge >= 0.3 is 0 Å². The smallest absolute Gasteiger partial charge is 0.0300 e. The van der Waals surface area contributed by atoms with Crippen molar-refractivity contribution in [1.29, 1.82) is 0 Å². The first kappa shape index (κ1) is 13.5. The number of rotatable bonds is 6. The van der Waals surface area contributed by atoms with E-state index >= 15 is 0 Å². The van der Waals surface area contributed by atoms with E-state index in [1.54, 1.807) is 0 Å². The Morgan fingerprint density at radius 1 is 1.33 bits per heavy atom. The normalized spacial score (nSPS) is 18.1. The first-order valence-corrected chi connectivity index (χ1v) is 7.13. The van der Waals surface area contributed by atoms with Gasteiger partial charge in [-0.15, -0.1) is 0 Å². The van der Waals surface area contributed by atoms with Crippen LogP contribution in [-0.2, 0) is 6.42 Å². The standard InChI is InChI=1S/C15H25N3/c1-18-11-6-14(7-12-18)4-9-16-10-5-15-3-2-8-17-13-15/h2-3,8,13-14,16H,4-7,9-12H2,1H3. The topological polar surface area (TPSA) is 28.2 Å². The molecule has 1 aliphatic heterocycles. The van der Waals surface area contributed by atoms with Crippen molar-refractivity contribution in [1.82, 2.24) is 15.2 Å². The molecule has 18 heavy (non-hydrogen) atoms. The number of piperidine rings is 1. The van der Waals surface area contributed by atoms with Gasteiger partial charge < -0.3 is 10.2 Å². The summed E-state index contributed by atoms with van der Waals surface area (Å²) < 4.78 is 0. The molecule has 1 fully saturated rings. The zero-order valence-electron chi connectivity index (χ0n) is 11.4. The number of nitrogens with one attached hydrogen (secondary N) is 1. The second-order valence-electron chi connectivity index (χ2n) is 5.40. The number of hydrogen-bond donors (Lipinski definition) is 1. The number of hydrogen-bond acceptors (Lipinski definition) is 3. The number of pyridine rings is 1. The zero-order chi connectivity index (χ0) is 12.6. The quantitative estimate of drug-likeness (QED) is 0.779. The van der Waals surface area contributed by atoms with Crippen LogP contribution >= 0.6 is 0 Å². The summed E-state index contributed by atoms with van der Waals surface area (Å²) >= 11 is 0. The van der Waals surface area contributed by atoms with Gasteiger partial charge in [0.05, 0.1) is 0 Å². The third kappa shape index (κ3) is 4.75. The molecule has 0 aliphatic carbocycles. The van der Waals surface area contributed by atoms with Gasteiger partial charge in [0.15, 0.2) is 0 Å². The summed E-state index contributed by atoms with van der Waals surface area (Å²) in [5.74, 6) is 0.937. The first-order chi connectivity index (χ1) is 8.84. The van der Waals surface area contributed by atoms with Crippen LogP contribution < -0.4 is 5.32 Å². The van der Waals surface area contributed by atoms with Gasteiger partial charge in [0.2, 0.25) is 0 Å². The monoisotopic (exact) mass is 247 g/mol. The van der Waals surface area contributed by atoms with E-state index in [-0.39, 0.29) is 0 Å². The number of likely N-dealkylation sites (tertiary alicyclic amines) is 1. The van der Waals surface area contributed by atoms with Crippen molar-refractivity contribution in [3.05, 3.63) is 30.1 Å². The molecule has 2 rings (SSSR count). The minimum absolute atomic E-state index is 0.937. The molecule has 0 unspecified atom stereocenters. The van der Waals surface area contributed by atoms with Crippen molar-refractivity contribution in [2.45, 2.75) is 25.7 Å². The Morgan fingerprint density at radius 2 is 2.17 bits per heavy atom. The van der Waals surface area contributed by atoms with Gasteiger partial charge in [-0.25, -0.2) is 0 Å². The summed E-state index contributed by atoms with van der Waals surface area (Å²) in [6, 6.07) is 4.15. The minimum Gasteiger partial charge on any atom is -0.316 e. The third-order valence-electron chi connectivity index (χ3n) is 3.88. The number of aromatic nitrogens is 1. The molecule has 0 aromatic carbocycles. The largest absolute Gasteiger partial charge is 0.316 e. The van der Waals surface area contributed by atoms with E-state index in [0.717, 1.165) is 25.4 Å². The van der Waals surface area contributed by atoms with Crippen LogP contribution in [0.1, 0.15) is 24.8 Å². The Morgan fingerprint density at radius 3 is 2.89 bits per heavy atom. The van der Waals surface area contributed by atoms with Crippen molar-refractivity contribution in [3.8, 4) is 0 Å². The Bertz CT molecular complexity index is 318. The summed E-state index contributed by atoms with van der Waals surface area (Å²) in [5, 5.41) is 3.55. The van der Waals surface area contributed by atoms with Gasteiger partial charge in [0.25, 0.3) is 0 Å². The predicted octanol–water partition coefficient (Wildman–Crippen LogP) is 1.95. The van der Waals surface area contributed by atoms with Gasteiger partial charge in [-0.3, -0.25) is 4.98 Å². The lowest BCUT2D eigenvalue weighted by atomic mass is 9.94. The Hall–Kier alpha value is -0.930. The fraction of sp³-hybridized carbons (Fsp3) is 0.667. The third-order valence-corrected chi connectivity index (χ3v) is 3.88. The molecule has 2 heterocycles. The molecule has 0 spiro atoms. The summed E-state index contributed by atoms with van der Waals surface area (Å²) in [6.45, 7) is 4.79.